The number of amides is 1. The van der Waals surface area contributed by atoms with Crippen LogP contribution in [0.25, 0.3) is 0 Å². The van der Waals surface area contributed by atoms with Crippen molar-refractivity contribution in [1.82, 2.24) is 4.90 Å². The Morgan fingerprint density at radius 3 is 2.90 bits per heavy atom. The lowest BCUT2D eigenvalue weighted by Crippen LogP contribution is -2.38. The minimum Gasteiger partial charge on any atom is -0.395 e. The quantitative estimate of drug-likeness (QED) is 0.870. The number of nitrogens with zero attached hydrogens (tertiary/aromatic N) is 1. The second kappa shape index (κ2) is 7.47. The molecule has 108 valence electrons. The van der Waals surface area contributed by atoms with Crippen LogP contribution in [-0.4, -0.2) is 35.6 Å². The molecule has 1 aromatic rings. The summed E-state index contributed by atoms with van der Waals surface area (Å²) in [6.45, 7) is 4.00. The van der Waals surface area contributed by atoms with Gasteiger partial charge in [0.2, 0.25) is 0 Å². The van der Waals surface area contributed by atoms with Gasteiger partial charge in [0, 0.05) is 25.1 Å². The van der Waals surface area contributed by atoms with E-state index in [-0.39, 0.29) is 12.5 Å². The molecule has 1 aliphatic rings. The van der Waals surface area contributed by atoms with Crippen LogP contribution >= 0.6 is 11.3 Å². The molecular weight excluding hydrogens is 270 g/mol. The summed E-state index contributed by atoms with van der Waals surface area (Å²) in [7, 11) is 0. The van der Waals surface area contributed by atoms with Crippen LogP contribution in [0.1, 0.15) is 47.8 Å². The highest BCUT2D eigenvalue weighted by molar-refractivity contribution is 7.12. The Morgan fingerprint density at radius 2 is 2.25 bits per heavy atom. The molecule has 0 atom stereocenters. The van der Waals surface area contributed by atoms with Crippen LogP contribution in [0.15, 0.2) is 11.4 Å². The van der Waals surface area contributed by atoms with Gasteiger partial charge in [0.25, 0.3) is 5.91 Å². The Hall–Kier alpha value is -1.31. The Balaban J connectivity index is 2.03. The van der Waals surface area contributed by atoms with Crippen molar-refractivity contribution < 1.29 is 9.90 Å². The number of likely N-dealkylation sites (tertiary alicyclic amines) is 1. The molecule has 0 saturated carbocycles. The van der Waals surface area contributed by atoms with Crippen LogP contribution in [0.3, 0.4) is 0 Å². The van der Waals surface area contributed by atoms with Crippen molar-refractivity contribution in [2.45, 2.75) is 32.6 Å². The highest BCUT2D eigenvalue weighted by atomic mass is 32.1. The highest BCUT2D eigenvalue weighted by Gasteiger charge is 2.24. The largest absolute Gasteiger partial charge is 0.395 e. The minimum absolute atomic E-state index is 0.0605. The maximum atomic E-state index is 12.5. The lowest BCUT2D eigenvalue weighted by atomic mass is 9.94. The number of carbonyl (C=O) groups excluding carboxylic acids is 1. The van der Waals surface area contributed by atoms with Gasteiger partial charge < -0.3 is 10.0 Å². The maximum Gasteiger partial charge on any atom is 0.265 e. The number of thiophene rings is 1. The zero-order valence-corrected chi connectivity index (χ0v) is 12.7. The summed E-state index contributed by atoms with van der Waals surface area (Å²) in [5, 5.41) is 10.7. The second-order valence-electron chi connectivity index (χ2n) is 5.08. The molecule has 0 radical (unpaired) electrons. The molecule has 2 heterocycles. The highest BCUT2D eigenvalue weighted by Crippen LogP contribution is 2.24. The lowest BCUT2D eigenvalue weighted by molar-refractivity contribution is 0.0693. The maximum absolute atomic E-state index is 12.5. The average Bonchev–Trinajstić information content (AvgIpc) is 2.95. The van der Waals surface area contributed by atoms with E-state index in [1.165, 1.54) is 17.8 Å². The molecule has 0 unspecified atom stereocenters. The number of aliphatic hydroxyl groups excluding tert-OH is 1. The molecule has 0 bridgehead atoms. The third kappa shape index (κ3) is 3.62. The first-order chi connectivity index (χ1) is 9.76. The fourth-order valence-electron chi connectivity index (χ4n) is 2.47. The van der Waals surface area contributed by atoms with Crippen molar-refractivity contribution in [2.75, 3.05) is 19.7 Å². The Morgan fingerprint density at radius 1 is 1.50 bits per heavy atom. The van der Waals surface area contributed by atoms with Crippen LogP contribution in [0.5, 0.6) is 0 Å². The molecule has 2 rings (SSSR count). The molecule has 4 heteroatoms. The summed E-state index contributed by atoms with van der Waals surface area (Å²) in [6.07, 6.45) is 3.88. The van der Waals surface area contributed by atoms with Gasteiger partial charge in [-0.3, -0.25) is 4.79 Å². The number of aliphatic hydroxyl groups is 1. The predicted molar refractivity (Wildman–Crippen MR) is 81.8 cm³/mol. The average molecular weight is 291 g/mol. The van der Waals surface area contributed by atoms with Gasteiger partial charge in [0.1, 0.15) is 4.88 Å². The van der Waals surface area contributed by atoms with Crippen molar-refractivity contribution >= 4 is 17.2 Å². The normalized spacial score (nSPS) is 15.8. The van der Waals surface area contributed by atoms with E-state index in [1.54, 1.807) is 0 Å². The van der Waals surface area contributed by atoms with Gasteiger partial charge in [-0.2, -0.15) is 0 Å². The number of hydrogen-bond acceptors (Lipinski definition) is 3. The third-order valence-electron chi connectivity index (χ3n) is 3.80. The van der Waals surface area contributed by atoms with Gasteiger partial charge in [0.15, 0.2) is 0 Å². The molecular formula is C16H21NO2S. The van der Waals surface area contributed by atoms with E-state index in [1.807, 2.05) is 16.3 Å². The van der Waals surface area contributed by atoms with Gasteiger partial charge in [-0.1, -0.05) is 25.2 Å². The summed E-state index contributed by atoms with van der Waals surface area (Å²) < 4.78 is 0. The molecule has 1 fully saturated rings. The summed E-state index contributed by atoms with van der Waals surface area (Å²) in [5.74, 6) is 6.76. The van der Waals surface area contributed by atoms with Gasteiger partial charge in [-0.05, 0) is 30.2 Å². The molecule has 20 heavy (non-hydrogen) atoms. The first-order valence-electron chi connectivity index (χ1n) is 7.22. The fraction of sp³-hybridized carbons (Fsp3) is 0.562. The van der Waals surface area contributed by atoms with Crippen molar-refractivity contribution in [2.24, 2.45) is 5.92 Å². The number of hydrogen-bond donors (Lipinski definition) is 1. The Labute approximate surface area is 124 Å². The zero-order chi connectivity index (χ0) is 14.4. The van der Waals surface area contributed by atoms with E-state index < -0.39 is 0 Å². The zero-order valence-electron chi connectivity index (χ0n) is 11.9. The summed E-state index contributed by atoms with van der Waals surface area (Å²) in [5.41, 5.74) is 0.797. The van der Waals surface area contributed by atoms with Gasteiger partial charge in [0.05, 0.1) is 6.61 Å². The number of piperidine rings is 1. The monoisotopic (exact) mass is 291 g/mol. The SMILES string of the molecule is CCC1CCN(C(=O)c2sccc2C#CCCO)CC1. The van der Waals surface area contributed by atoms with Crippen LogP contribution < -0.4 is 0 Å². The second-order valence-corrected chi connectivity index (χ2v) is 6.00. The number of rotatable bonds is 3. The van der Waals surface area contributed by atoms with E-state index in [4.69, 9.17) is 5.11 Å². The summed E-state index contributed by atoms with van der Waals surface area (Å²) >= 11 is 1.46. The molecule has 1 saturated heterocycles. The van der Waals surface area contributed by atoms with Crippen LogP contribution in [0, 0.1) is 17.8 Å². The van der Waals surface area contributed by atoms with Crippen LogP contribution in [-0.2, 0) is 0 Å². The van der Waals surface area contributed by atoms with Crippen LogP contribution in [0.2, 0.25) is 0 Å². The van der Waals surface area contributed by atoms with Gasteiger partial charge in [-0.25, -0.2) is 0 Å². The standard InChI is InChI=1S/C16H21NO2S/c1-2-13-6-9-17(10-7-13)16(19)15-14(8-12-20-15)5-3-4-11-18/h8,12-13,18H,2,4,6-7,9-11H2,1H3. The smallest absolute Gasteiger partial charge is 0.265 e. The van der Waals surface area contributed by atoms with Crippen LogP contribution in [0.4, 0.5) is 0 Å². The Bertz CT molecular complexity index is 504. The topological polar surface area (TPSA) is 40.5 Å². The minimum atomic E-state index is 0.0605. The van der Waals surface area contributed by atoms with E-state index in [2.05, 4.69) is 18.8 Å². The molecule has 0 spiro atoms. The van der Waals surface area contributed by atoms with Crippen molar-refractivity contribution in [3.05, 3.63) is 21.9 Å². The molecule has 1 aromatic heterocycles. The fourth-order valence-corrected chi connectivity index (χ4v) is 3.29. The molecule has 3 nitrogen and oxygen atoms in total. The molecule has 1 amide bonds. The van der Waals surface area contributed by atoms with Gasteiger partial charge in [-0.15, -0.1) is 11.3 Å². The third-order valence-corrected chi connectivity index (χ3v) is 4.70. The van der Waals surface area contributed by atoms with E-state index in [0.29, 0.717) is 6.42 Å². The molecule has 0 aliphatic carbocycles. The van der Waals surface area contributed by atoms with Gasteiger partial charge >= 0.3 is 0 Å². The summed E-state index contributed by atoms with van der Waals surface area (Å²) in [4.78, 5) is 15.2. The first-order valence-corrected chi connectivity index (χ1v) is 8.10. The molecule has 0 aromatic carbocycles. The van der Waals surface area contributed by atoms with Crippen molar-refractivity contribution in [3.8, 4) is 11.8 Å². The van der Waals surface area contributed by atoms with Crippen molar-refractivity contribution in [1.29, 1.82) is 0 Å². The molecule has 1 aliphatic heterocycles. The summed E-state index contributed by atoms with van der Waals surface area (Å²) in [6, 6.07) is 1.89. The lowest BCUT2D eigenvalue weighted by Gasteiger charge is -2.31. The van der Waals surface area contributed by atoms with E-state index in [0.717, 1.165) is 42.3 Å². The first kappa shape index (κ1) is 15.1. The Kier molecular flexibility index (Phi) is 5.63. The van der Waals surface area contributed by atoms with Crippen molar-refractivity contribution in [3.63, 3.8) is 0 Å². The number of carbonyl (C=O) groups is 1. The van der Waals surface area contributed by atoms with E-state index in [9.17, 15) is 4.79 Å². The molecule has 1 N–H and O–H groups in total. The van der Waals surface area contributed by atoms with E-state index >= 15 is 0 Å². The predicted octanol–water partition coefficient (Wildman–Crippen LogP) is 2.74.